The average molecular weight is 397 g/mol. The van der Waals surface area contributed by atoms with Crippen LogP contribution in [0.15, 0.2) is 60.7 Å². The SMILES string of the molecule is [C-]#CC#Cc1ccccc1.[Pt+2].[c-]1ccccc1. The van der Waals surface area contributed by atoms with Gasteiger partial charge in [0.1, 0.15) is 0 Å². The van der Waals surface area contributed by atoms with Crippen LogP contribution in [0.1, 0.15) is 5.56 Å². The van der Waals surface area contributed by atoms with Crippen LogP contribution in [0.2, 0.25) is 0 Å². The van der Waals surface area contributed by atoms with E-state index in [1.54, 1.807) is 0 Å². The van der Waals surface area contributed by atoms with Gasteiger partial charge in [-0.1, -0.05) is 18.2 Å². The van der Waals surface area contributed by atoms with Gasteiger partial charge >= 0.3 is 21.1 Å². The minimum Gasteiger partial charge on any atom is -0.358 e. The van der Waals surface area contributed by atoms with Gasteiger partial charge in [0.25, 0.3) is 0 Å². The Morgan fingerprint density at radius 3 is 1.88 bits per heavy atom. The fraction of sp³-hybridized carbons (Fsp3) is 0. The molecule has 0 bridgehead atoms. The van der Waals surface area contributed by atoms with Gasteiger partial charge in [-0.3, -0.25) is 5.92 Å². The second kappa shape index (κ2) is 10.8. The van der Waals surface area contributed by atoms with Gasteiger partial charge in [-0.2, -0.15) is 42.3 Å². The molecule has 2 rings (SSSR count). The monoisotopic (exact) mass is 397 g/mol. The standard InChI is InChI=1S/C10H5.C6H5.Pt/c1-2-3-7-10-8-5-4-6-9-10;1-2-4-6-5-3-1;/h4-6,8-9H;1-5H;/q2*-1;+2. The molecule has 0 aliphatic heterocycles. The van der Waals surface area contributed by atoms with E-state index in [4.69, 9.17) is 6.42 Å². The number of hydrogen-bond acceptors (Lipinski definition) is 0. The average Bonchev–Trinajstić information content (AvgIpc) is 2.40. The first kappa shape index (κ1) is 15.2. The summed E-state index contributed by atoms with van der Waals surface area (Å²) in [6.07, 6.45) is 6.53. The van der Waals surface area contributed by atoms with Crippen molar-refractivity contribution in [2.24, 2.45) is 0 Å². The molecule has 0 fully saturated rings. The molecule has 0 unspecified atom stereocenters. The smallest absolute Gasteiger partial charge is 0.358 e. The zero-order chi connectivity index (χ0) is 11.5. The maximum absolute atomic E-state index is 6.53. The number of rotatable bonds is 0. The summed E-state index contributed by atoms with van der Waals surface area (Å²) in [7, 11) is 0. The third-order valence-corrected chi connectivity index (χ3v) is 1.65. The van der Waals surface area contributed by atoms with Gasteiger partial charge in [-0.15, -0.1) is 0 Å². The van der Waals surface area contributed by atoms with E-state index in [9.17, 15) is 0 Å². The molecule has 1 heteroatoms. The van der Waals surface area contributed by atoms with Crippen LogP contribution in [-0.2, 0) is 21.1 Å². The summed E-state index contributed by atoms with van der Waals surface area (Å²) in [5, 5.41) is 0. The molecule has 17 heavy (non-hydrogen) atoms. The molecule has 0 heterocycles. The first-order valence-corrected chi connectivity index (χ1v) is 4.82. The second-order valence-electron chi connectivity index (χ2n) is 2.82. The molecule has 0 saturated carbocycles. The Bertz CT molecular complexity index is 457. The van der Waals surface area contributed by atoms with Gasteiger partial charge in [0.05, 0.1) is 0 Å². The van der Waals surface area contributed by atoms with E-state index in [1.165, 1.54) is 0 Å². The number of benzene rings is 2. The molecule has 0 radical (unpaired) electrons. The minimum absolute atomic E-state index is 0. The van der Waals surface area contributed by atoms with Crippen molar-refractivity contribution in [1.29, 1.82) is 0 Å². The van der Waals surface area contributed by atoms with Gasteiger partial charge in [0, 0.05) is 5.56 Å². The van der Waals surface area contributed by atoms with Crippen LogP contribution < -0.4 is 0 Å². The molecular formula is C16H10Pt. The summed E-state index contributed by atoms with van der Waals surface area (Å²) in [5.41, 5.74) is 0.919. The first-order valence-electron chi connectivity index (χ1n) is 4.82. The predicted octanol–water partition coefficient (Wildman–Crippen LogP) is 3.11. The second-order valence-corrected chi connectivity index (χ2v) is 2.82. The zero-order valence-corrected chi connectivity index (χ0v) is 11.4. The first-order chi connectivity index (χ1) is 7.93. The fourth-order valence-electron chi connectivity index (χ4n) is 0.967. The van der Waals surface area contributed by atoms with Gasteiger partial charge in [0.2, 0.25) is 0 Å². The molecule has 0 aliphatic rings. The van der Waals surface area contributed by atoms with Crippen molar-refractivity contribution in [3.8, 4) is 17.8 Å². The molecule has 0 amide bonds. The molecule has 0 N–H and O–H groups in total. The van der Waals surface area contributed by atoms with Crippen LogP contribution in [0, 0.1) is 30.3 Å². The molecule has 0 nitrogen and oxygen atoms in total. The molecule has 84 valence electrons. The number of hydrogen-bond donors (Lipinski definition) is 0. The maximum atomic E-state index is 6.53. The van der Waals surface area contributed by atoms with E-state index in [-0.39, 0.29) is 21.1 Å². The van der Waals surface area contributed by atoms with Crippen LogP contribution in [0.25, 0.3) is 0 Å². The molecule has 0 saturated heterocycles. The Morgan fingerprint density at radius 2 is 1.47 bits per heavy atom. The van der Waals surface area contributed by atoms with Crippen molar-refractivity contribution in [2.75, 3.05) is 0 Å². The van der Waals surface area contributed by atoms with E-state index in [2.05, 4.69) is 17.9 Å². The van der Waals surface area contributed by atoms with Crippen LogP contribution in [0.4, 0.5) is 0 Å². The van der Waals surface area contributed by atoms with Crippen LogP contribution >= 0.6 is 0 Å². The van der Waals surface area contributed by atoms with Crippen molar-refractivity contribution >= 4 is 0 Å². The van der Waals surface area contributed by atoms with Gasteiger partial charge in [-0.25, -0.2) is 5.92 Å². The summed E-state index contributed by atoms with van der Waals surface area (Å²) < 4.78 is 0. The van der Waals surface area contributed by atoms with E-state index < -0.39 is 0 Å². The predicted molar refractivity (Wildman–Crippen MR) is 65.7 cm³/mol. The zero-order valence-electron chi connectivity index (χ0n) is 9.09. The quantitative estimate of drug-likeness (QED) is 0.474. The maximum Gasteiger partial charge on any atom is 2.00 e. The molecule has 2 aromatic rings. The van der Waals surface area contributed by atoms with Crippen LogP contribution in [0.5, 0.6) is 0 Å². The summed E-state index contributed by atoms with van der Waals surface area (Å²) in [5.74, 6) is 7.18. The third-order valence-electron chi connectivity index (χ3n) is 1.65. The summed E-state index contributed by atoms with van der Waals surface area (Å²) in [6.45, 7) is 0. The van der Waals surface area contributed by atoms with Crippen molar-refractivity contribution in [3.05, 3.63) is 78.7 Å². The van der Waals surface area contributed by atoms with Gasteiger partial charge in [-0.05, 0) is 12.1 Å². The normalized spacial score (nSPS) is 7.00. The largest absolute Gasteiger partial charge is 2.00 e. The van der Waals surface area contributed by atoms with Gasteiger partial charge < -0.3 is 6.42 Å². The molecule has 0 aromatic heterocycles. The van der Waals surface area contributed by atoms with E-state index in [1.807, 2.05) is 66.6 Å². The van der Waals surface area contributed by atoms with Gasteiger partial charge in [0.15, 0.2) is 0 Å². The van der Waals surface area contributed by atoms with Crippen LogP contribution in [-0.4, -0.2) is 0 Å². The summed E-state index contributed by atoms with van der Waals surface area (Å²) in [4.78, 5) is 0. The third kappa shape index (κ3) is 8.10. The topological polar surface area (TPSA) is 0 Å². The van der Waals surface area contributed by atoms with E-state index in [0.717, 1.165) is 5.56 Å². The van der Waals surface area contributed by atoms with Crippen LogP contribution in [0.3, 0.4) is 0 Å². The Kier molecular flexibility index (Phi) is 9.65. The Labute approximate surface area is 117 Å². The van der Waals surface area contributed by atoms with Crippen molar-refractivity contribution in [2.45, 2.75) is 0 Å². The summed E-state index contributed by atoms with van der Waals surface area (Å²) in [6, 6.07) is 22.0. The molecule has 0 spiro atoms. The van der Waals surface area contributed by atoms with E-state index >= 15 is 0 Å². The van der Waals surface area contributed by atoms with Crippen molar-refractivity contribution < 1.29 is 21.1 Å². The molecule has 0 atom stereocenters. The minimum atomic E-state index is 0. The Balaban J connectivity index is 0.000000316. The molecule has 2 aromatic carbocycles. The Morgan fingerprint density at radius 1 is 0.882 bits per heavy atom. The van der Waals surface area contributed by atoms with Crippen molar-refractivity contribution in [3.63, 3.8) is 0 Å². The molecular weight excluding hydrogens is 387 g/mol. The fourth-order valence-corrected chi connectivity index (χ4v) is 0.967. The Hall–Kier alpha value is -1.75. The molecule has 0 aliphatic carbocycles. The van der Waals surface area contributed by atoms with Crippen molar-refractivity contribution in [1.82, 2.24) is 0 Å². The van der Waals surface area contributed by atoms with E-state index in [0.29, 0.717) is 0 Å². The summed E-state index contributed by atoms with van der Waals surface area (Å²) >= 11 is 0.